The summed E-state index contributed by atoms with van der Waals surface area (Å²) in [5.41, 5.74) is 2.12. The monoisotopic (exact) mass is 306 g/mol. The van der Waals surface area contributed by atoms with E-state index in [9.17, 15) is 4.79 Å². The van der Waals surface area contributed by atoms with E-state index < -0.39 is 6.16 Å². The van der Waals surface area contributed by atoms with E-state index in [2.05, 4.69) is 12.1 Å². The molecule has 0 N–H and O–H groups in total. The van der Waals surface area contributed by atoms with Gasteiger partial charge in [0.15, 0.2) is 0 Å². The molecule has 0 radical (unpaired) electrons. The zero-order valence-corrected chi connectivity index (χ0v) is 13.0. The van der Waals surface area contributed by atoms with Crippen molar-refractivity contribution in [2.45, 2.75) is 13.3 Å². The molecule has 0 amide bonds. The van der Waals surface area contributed by atoms with Crippen molar-refractivity contribution < 1.29 is 14.3 Å². The maximum atomic E-state index is 11.8. The molecule has 0 saturated carbocycles. The number of fused-ring (bicyclic) bond motifs is 1. The van der Waals surface area contributed by atoms with Crippen molar-refractivity contribution in [1.82, 2.24) is 0 Å². The maximum absolute atomic E-state index is 11.8. The van der Waals surface area contributed by atoms with E-state index in [-0.39, 0.29) is 6.61 Å². The molecule has 0 fully saturated rings. The van der Waals surface area contributed by atoms with E-state index in [0.717, 1.165) is 21.9 Å². The van der Waals surface area contributed by atoms with Crippen LogP contribution < -0.4 is 4.74 Å². The zero-order valence-electron chi connectivity index (χ0n) is 13.0. The minimum atomic E-state index is -0.668. The Bertz CT molecular complexity index is 809. The molecule has 0 heterocycles. The summed E-state index contributed by atoms with van der Waals surface area (Å²) in [5, 5.41) is 1.94. The molecule has 0 spiro atoms. The normalized spacial score (nSPS) is 10.5. The van der Waals surface area contributed by atoms with Crippen molar-refractivity contribution in [1.29, 1.82) is 0 Å². The Hall–Kier alpha value is -2.81. The van der Waals surface area contributed by atoms with Crippen LogP contribution in [-0.2, 0) is 11.2 Å². The van der Waals surface area contributed by atoms with Gasteiger partial charge >= 0.3 is 6.16 Å². The lowest BCUT2D eigenvalue weighted by Crippen LogP contribution is -2.11. The predicted molar refractivity (Wildman–Crippen MR) is 90.8 cm³/mol. The predicted octanol–water partition coefficient (Wildman–Crippen LogP) is 4.97. The fraction of sp³-hybridized carbons (Fsp3) is 0.150. The number of rotatable bonds is 4. The Morgan fingerprint density at radius 3 is 2.43 bits per heavy atom. The summed E-state index contributed by atoms with van der Waals surface area (Å²) < 4.78 is 10.4. The lowest BCUT2D eigenvalue weighted by molar-refractivity contribution is 0.104. The lowest BCUT2D eigenvalue weighted by Gasteiger charge is -2.13. The zero-order chi connectivity index (χ0) is 16.1. The van der Waals surface area contributed by atoms with Crippen LogP contribution in [0, 0.1) is 0 Å². The summed E-state index contributed by atoms with van der Waals surface area (Å²) in [6.45, 7) is 2.05. The molecule has 0 atom stereocenters. The number of carbonyl (C=O) groups excluding carboxylic acids is 1. The molecule has 3 heteroatoms. The van der Waals surface area contributed by atoms with Crippen molar-refractivity contribution in [3.63, 3.8) is 0 Å². The van der Waals surface area contributed by atoms with E-state index in [4.69, 9.17) is 9.47 Å². The third-order valence-electron chi connectivity index (χ3n) is 3.65. The van der Waals surface area contributed by atoms with Gasteiger partial charge in [-0.05, 0) is 17.9 Å². The van der Waals surface area contributed by atoms with Crippen molar-refractivity contribution in [2.24, 2.45) is 0 Å². The van der Waals surface area contributed by atoms with E-state index in [1.807, 2.05) is 54.6 Å². The van der Waals surface area contributed by atoms with E-state index in [1.165, 1.54) is 0 Å². The highest BCUT2D eigenvalue weighted by atomic mass is 16.7. The van der Waals surface area contributed by atoms with Crippen LogP contribution in [0.15, 0.2) is 66.7 Å². The molecule has 23 heavy (non-hydrogen) atoms. The van der Waals surface area contributed by atoms with Gasteiger partial charge in [-0.15, -0.1) is 0 Å². The summed E-state index contributed by atoms with van der Waals surface area (Å²) in [6, 6.07) is 22.0. The highest BCUT2D eigenvalue weighted by Crippen LogP contribution is 2.31. The van der Waals surface area contributed by atoms with Gasteiger partial charge in [-0.25, -0.2) is 4.79 Å². The molecule has 0 aliphatic carbocycles. The van der Waals surface area contributed by atoms with Crippen LogP contribution in [-0.4, -0.2) is 12.8 Å². The van der Waals surface area contributed by atoms with Gasteiger partial charge in [0.1, 0.15) is 5.75 Å². The summed E-state index contributed by atoms with van der Waals surface area (Å²) in [7, 11) is 0. The standard InChI is InChI=1S/C20H18O3/c1-2-22-20(21)23-19-17(14-15-8-4-3-5-9-15)13-12-16-10-6-7-11-18(16)19/h3-13H,2,14H2,1H3. The molecule has 0 aromatic heterocycles. The molecule has 3 aromatic rings. The molecule has 0 aliphatic heterocycles. The Morgan fingerprint density at radius 2 is 1.65 bits per heavy atom. The topological polar surface area (TPSA) is 35.5 Å². The lowest BCUT2D eigenvalue weighted by atomic mass is 10.00. The SMILES string of the molecule is CCOC(=O)Oc1c(Cc2ccccc2)ccc2ccccc12. The molecular formula is C20H18O3. The molecule has 3 rings (SSSR count). The van der Waals surface area contributed by atoms with Gasteiger partial charge in [-0.1, -0.05) is 66.7 Å². The fourth-order valence-electron chi connectivity index (χ4n) is 2.59. The van der Waals surface area contributed by atoms with E-state index in [0.29, 0.717) is 12.2 Å². The van der Waals surface area contributed by atoms with Gasteiger partial charge in [0.2, 0.25) is 0 Å². The molecule has 3 aromatic carbocycles. The van der Waals surface area contributed by atoms with Crippen LogP contribution in [0.1, 0.15) is 18.1 Å². The number of carbonyl (C=O) groups is 1. The smallest absolute Gasteiger partial charge is 0.434 e. The number of ether oxygens (including phenoxy) is 2. The Morgan fingerprint density at radius 1 is 0.913 bits per heavy atom. The summed E-state index contributed by atoms with van der Waals surface area (Å²) in [5.74, 6) is 0.574. The van der Waals surface area contributed by atoms with Gasteiger partial charge in [0.25, 0.3) is 0 Å². The van der Waals surface area contributed by atoms with Gasteiger partial charge in [-0.2, -0.15) is 0 Å². The van der Waals surface area contributed by atoms with Crippen LogP contribution in [0.25, 0.3) is 10.8 Å². The molecule has 3 nitrogen and oxygen atoms in total. The second-order valence-electron chi connectivity index (χ2n) is 5.22. The second kappa shape index (κ2) is 6.97. The first-order chi connectivity index (χ1) is 11.3. The second-order valence-corrected chi connectivity index (χ2v) is 5.22. The third-order valence-corrected chi connectivity index (χ3v) is 3.65. The molecule has 0 aliphatic rings. The molecule has 116 valence electrons. The highest BCUT2D eigenvalue weighted by Gasteiger charge is 2.14. The van der Waals surface area contributed by atoms with Crippen LogP contribution in [0.3, 0.4) is 0 Å². The van der Waals surface area contributed by atoms with Crippen LogP contribution in [0.2, 0.25) is 0 Å². The van der Waals surface area contributed by atoms with Gasteiger partial charge in [0.05, 0.1) is 6.61 Å². The Labute approximate surface area is 135 Å². The number of hydrogen-bond donors (Lipinski definition) is 0. The van der Waals surface area contributed by atoms with E-state index in [1.54, 1.807) is 6.92 Å². The first-order valence-electron chi connectivity index (χ1n) is 7.67. The average Bonchev–Trinajstić information content (AvgIpc) is 2.58. The molecular weight excluding hydrogens is 288 g/mol. The molecule has 0 bridgehead atoms. The van der Waals surface area contributed by atoms with Crippen molar-refractivity contribution in [3.8, 4) is 5.75 Å². The van der Waals surface area contributed by atoms with Crippen molar-refractivity contribution >= 4 is 16.9 Å². The Kier molecular flexibility index (Phi) is 4.57. The van der Waals surface area contributed by atoms with Gasteiger partial charge in [-0.3, -0.25) is 0 Å². The largest absolute Gasteiger partial charge is 0.513 e. The number of hydrogen-bond acceptors (Lipinski definition) is 3. The van der Waals surface area contributed by atoms with E-state index >= 15 is 0 Å². The minimum absolute atomic E-state index is 0.289. The first-order valence-corrected chi connectivity index (χ1v) is 7.67. The first kappa shape index (κ1) is 15.1. The van der Waals surface area contributed by atoms with Crippen molar-refractivity contribution in [2.75, 3.05) is 6.61 Å². The maximum Gasteiger partial charge on any atom is 0.513 e. The fourth-order valence-corrected chi connectivity index (χ4v) is 2.59. The van der Waals surface area contributed by atoms with Gasteiger partial charge < -0.3 is 9.47 Å². The Balaban J connectivity index is 2.03. The summed E-state index contributed by atoms with van der Waals surface area (Å²) in [6.07, 6.45) is 0.0265. The van der Waals surface area contributed by atoms with Crippen LogP contribution in [0.5, 0.6) is 5.75 Å². The molecule has 0 unspecified atom stereocenters. The van der Waals surface area contributed by atoms with Crippen LogP contribution >= 0.6 is 0 Å². The van der Waals surface area contributed by atoms with Crippen molar-refractivity contribution in [3.05, 3.63) is 77.9 Å². The van der Waals surface area contributed by atoms with Crippen LogP contribution in [0.4, 0.5) is 4.79 Å². The third kappa shape index (κ3) is 3.51. The minimum Gasteiger partial charge on any atom is -0.434 e. The summed E-state index contributed by atoms with van der Waals surface area (Å²) in [4.78, 5) is 11.8. The average molecular weight is 306 g/mol. The quantitative estimate of drug-likeness (QED) is 0.504. The highest BCUT2D eigenvalue weighted by molar-refractivity contribution is 5.91. The van der Waals surface area contributed by atoms with Gasteiger partial charge in [0, 0.05) is 17.4 Å². The molecule has 0 saturated heterocycles. The number of benzene rings is 3. The summed E-state index contributed by atoms with van der Waals surface area (Å²) >= 11 is 0.